The van der Waals surface area contributed by atoms with Gasteiger partial charge >= 0.3 is 0 Å². The lowest BCUT2D eigenvalue weighted by Gasteiger charge is -2.57. The van der Waals surface area contributed by atoms with Crippen molar-refractivity contribution in [3.8, 4) is 0 Å². The molecular weight excluding hydrogens is 926 g/mol. The summed E-state index contributed by atoms with van der Waals surface area (Å²) in [4.78, 5) is 13.5. The van der Waals surface area contributed by atoms with Gasteiger partial charge in [-0.25, -0.2) is 0 Å². The van der Waals surface area contributed by atoms with Crippen LogP contribution in [0.25, 0.3) is 0 Å². The Morgan fingerprint density at radius 1 is 0.691 bits per heavy atom. The molecule has 0 spiro atoms. The maximum absolute atomic E-state index is 11.9. The predicted molar refractivity (Wildman–Crippen MR) is 292 cm³/mol. The Labute approximate surface area is 439 Å². The SMILES string of the molecule is C.[3H][B]SO[C@@H]1CC2=CC=C3C4CC[C@H](COCCC(=O)N(C)C)[C@@]4(C)CCC3[C@@]2(C)[C@@H](OS[B][3H])C1.[3H][B]SO[C@@H]1CC2=CC=C3C4CC[C@H](COCCC(C)(C)O)[C@@]4(C)CCC3[C@@]2(C)[C@@H](OS[B][3H])C1. The van der Waals surface area contributed by atoms with Gasteiger partial charge in [-0.05, 0) is 136 Å². The molecule has 6 saturated carbocycles. The van der Waals surface area contributed by atoms with Gasteiger partial charge in [-0.3, -0.25) is 4.79 Å². The van der Waals surface area contributed by atoms with Crippen LogP contribution in [0.1, 0.15) is 139 Å². The smallest absolute Gasteiger partial charge is 0.224 e. The Balaban J connectivity index is 0.000000232. The van der Waals surface area contributed by atoms with Crippen molar-refractivity contribution in [1.29, 1.82) is 5.34 Å². The van der Waals surface area contributed by atoms with Crippen molar-refractivity contribution in [2.24, 2.45) is 57.2 Å². The molecule has 68 heavy (non-hydrogen) atoms. The minimum atomic E-state index is -0.677. The van der Waals surface area contributed by atoms with Gasteiger partial charge in [-0.2, -0.15) is 0 Å². The van der Waals surface area contributed by atoms with Crippen LogP contribution in [0.3, 0.4) is 0 Å². The summed E-state index contributed by atoms with van der Waals surface area (Å²) in [6.07, 6.45) is 23.2. The third-order valence-electron chi connectivity index (χ3n) is 18.8. The number of fused-ring (bicyclic) bond motifs is 10. The molecular formula is C51H83B4NO8S4. The molecule has 17 heteroatoms. The highest BCUT2D eigenvalue weighted by molar-refractivity contribution is 8.16. The van der Waals surface area contributed by atoms with Gasteiger partial charge in [-0.1, -0.05) is 129 Å². The maximum Gasteiger partial charge on any atom is 0.224 e. The van der Waals surface area contributed by atoms with E-state index in [-0.39, 0.29) is 59.4 Å². The van der Waals surface area contributed by atoms with E-state index in [9.17, 15) is 9.90 Å². The molecule has 1 amide bonds. The van der Waals surface area contributed by atoms with Gasteiger partial charge in [0.2, 0.25) is 34.3 Å². The zero-order valence-corrected chi connectivity index (χ0v) is 44.8. The number of aliphatic hydroxyl groups is 1. The molecule has 0 aromatic carbocycles. The second kappa shape index (κ2) is 24.0. The summed E-state index contributed by atoms with van der Waals surface area (Å²) in [6, 6.07) is 0. The molecule has 14 atom stereocenters. The Bertz CT molecular complexity index is 1940. The number of ether oxygens (including phenoxy) is 2. The van der Waals surface area contributed by atoms with Crippen LogP contribution in [-0.4, -0.2) is 120 Å². The average Bonchev–Trinajstić information content (AvgIpc) is 3.86. The molecule has 0 aromatic heterocycles. The van der Waals surface area contributed by atoms with E-state index in [1.807, 2.05) is 13.8 Å². The van der Waals surface area contributed by atoms with Crippen molar-refractivity contribution in [3.05, 3.63) is 46.6 Å². The first-order valence-electron chi connectivity index (χ1n) is 27.2. The van der Waals surface area contributed by atoms with E-state index in [0.29, 0.717) is 61.6 Å². The molecule has 8 rings (SSSR count). The van der Waals surface area contributed by atoms with Crippen molar-refractivity contribution < 1.29 is 36.1 Å². The zero-order valence-electron chi connectivity index (χ0n) is 45.5. The quantitative estimate of drug-likeness (QED) is 0.0636. The highest BCUT2D eigenvalue weighted by Gasteiger charge is 2.61. The van der Waals surface area contributed by atoms with Crippen molar-refractivity contribution >= 4 is 81.8 Å². The second-order valence-electron chi connectivity index (χ2n) is 22.8. The first-order chi connectivity index (χ1) is 33.9. The van der Waals surface area contributed by atoms with Crippen LogP contribution < -0.4 is 0 Å². The standard InChI is InChI=1S/C25H39B2NO4S2.C25H40B2O4S2.CH4/c1-24-11-9-21-19(20(24)8-6-17(24)15-30-12-10-23(29)28(3)4)7-5-16-13-18(31-33-26)14-22(32-34-27)25(16,21)2;1-23(2,28)11-12-29-15-17-6-8-20-19-7-5-16-13-18(30-32-26)14-22(31-33-27)25(16,4)21(19)9-10-24(17,20)3;/h5,7,17-18,20-22,26-27H,6,8-15H2,1-4H3;5,7,17-18,20-22,26-28H,6,8-15H2,1-4H3;1H4/t2*17-,18-,20?,21?,22+,24-,25+;/m11./s1/i2*26T,27T;. The van der Waals surface area contributed by atoms with Gasteiger partial charge < -0.3 is 36.2 Å². The Kier molecular flexibility index (Phi) is 18.1. The van der Waals surface area contributed by atoms with Crippen molar-refractivity contribution in [1.82, 2.24) is 4.90 Å². The van der Waals surface area contributed by atoms with E-state index in [1.165, 1.54) is 78.0 Å². The van der Waals surface area contributed by atoms with E-state index in [2.05, 4.69) is 52.0 Å². The zero-order chi connectivity index (χ0) is 51.2. The van der Waals surface area contributed by atoms with Crippen molar-refractivity contribution in [2.75, 3.05) is 40.5 Å². The van der Waals surface area contributed by atoms with Gasteiger partial charge in [0.25, 0.3) is 0 Å². The van der Waals surface area contributed by atoms with Gasteiger partial charge in [0.15, 0.2) is 0 Å². The number of hydrogen-bond acceptors (Lipinski definition) is 12. The molecule has 376 valence electrons. The van der Waals surface area contributed by atoms with E-state index in [1.54, 1.807) is 30.1 Å². The minimum absolute atomic E-state index is 0. The summed E-state index contributed by atoms with van der Waals surface area (Å²) in [5.41, 5.74) is 5.50. The first kappa shape index (κ1) is 51.3. The number of rotatable bonds is 22. The minimum Gasteiger partial charge on any atom is -0.390 e. The lowest BCUT2D eigenvalue weighted by molar-refractivity contribution is -0.130. The molecule has 0 bridgehead atoms. The summed E-state index contributed by atoms with van der Waals surface area (Å²) in [7, 11) is 8.56. The molecule has 0 aromatic rings. The van der Waals surface area contributed by atoms with Crippen LogP contribution in [0.2, 0.25) is 0 Å². The second-order valence-corrected chi connectivity index (χ2v) is 24.3. The van der Waals surface area contributed by atoms with Crippen molar-refractivity contribution in [3.63, 3.8) is 0 Å². The molecule has 9 nitrogen and oxygen atoms in total. The van der Waals surface area contributed by atoms with E-state index in [4.69, 9.17) is 31.5 Å². The summed E-state index contributed by atoms with van der Waals surface area (Å²) in [5.74, 6) is 3.17. The van der Waals surface area contributed by atoms with Crippen LogP contribution in [0.5, 0.6) is 0 Å². The van der Waals surface area contributed by atoms with Gasteiger partial charge in [0, 0.05) is 57.6 Å². The normalized spacial score (nSPS) is 39.7. The average molecular weight is 1020 g/mol. The Morgan fingerprint density at radius 2 is 1.13 bits per heavy atom. The monoisotopic (exact) mass is 1020 g/mol. The van der Waals surface area contributed by atoms with Crippen LogP contribution >= 0.6 is 47.6 Å². The molecule has 4 radical (unpaired) electrons. The van der Waals surface area contributed by atoms with E-state index >= 15 is 0 Å². The third kappa shape index (κ3) is 11.5. The number of nitrogens with zero attached hydrogens (tertiary/aromatic N) is 1. The molecule has 6 fully saturated rings. The highest BCUT2D eigenvalue weighted by atomic mass is 32.2. The van der Waals surface area contributed by atoms with Crippen LogP contribution in [0, 0.1) is 57.2 Å². The maximum atomic E-state index is 11.9. The van der Waals surface area contributed by atoms with Gasteiger partial charge in [-0.15, -0.1) is 0 Å². The summed E-state index contributed by atoms with van der Waals surface area (Å²) in [6.45, 7) is 16.0. The summed E-state index contributed by atoms with van der Waals surface area (Å²) < 4.78 is 66.0. The first-order valence-corrected chi connectivity index (χ1v) is 28.1. The predicted octanol–water partition coefficient (Wildman–Crippen LogP) is 9.90. The Morgan fingerprint density at radius 3 is 1.56 bits per heavy atom. The van der Waals surface area contributed by atoms with E-state index < -0.39 is 5.60 Å². The number of hydrogen-bond donors (Lipinski definition) is 1. The molecule has 8 aliphatic rings. The van der Waals surface area contributed by atoms with Crippen molar-refractivity contribution in [2.45, 2.75) is 169 Å². The van der Waals surface area contributed by atoms with Gasteiger partial charge in [0.1, 0.15) is 0 Å². The lowest BCUT2D eigenvalue weighted by atomic mass is 9.50. The third-order valence-corrected chi connectivity index (χ3v) is 20.2. The molecule has 1 N–H and O–H groups in total. The Hall–Kier alpha value is -0.190. The number of carbonyl (C=O) groups excluding carboxylic acids is 1. The fourth-order valence-corrected chi connectivity index (χ4v) is 16.1. The highest BCUT2D eigenvalue weighted by Crippen LogP contribution is 2.67. The summed E-state index contributed by atoms with van der Waals surface area (Å²) >= 11 is 4.40. The van der Waals surface area contributed by atoms with Gasteiger partial charge in [0.05, 0.1) is 43.0 Å². The van der Waals surface area contributed by atoms with Crippen LogP contribution in [0.15, 0.2) is 46.6 Å². The number of allylic oxidation sites excluding steroid dienone is 6. The molecule has 8 aliphatic carbocycles. The largest absolute Gasteiger partial charge is 0.390 e. The lowest BCUT2D eigenvalue weighted by Crippen LogP contribution is -2.53. The molecule has 0 aliphatic heterocycles. The number of amides is 1. The van der Waals surface area contributed by atoms with Crippen LogP contribution in [0.4, 0.5) is 0 Å². The molecule has 0 heterocycles. The number of carbonyl (C=O) groups is 1. The molecule has 0 saturated heterocycles. The fraction of sp³-hybridized carbons (Fsp3) is 0.824. The topological polar surface area (TPSA) is 95.9 Å². The summed E-state index contributed by atoms with van der Waals surface area (Å²) in [5, 5.41) is 9.99. The van der Waals surface area contributed by atoms with E-state index in [0.717, 1.165) is 99.3 Å². The van der Waals surface area contributed by atoms with Crippen LogP contribution in [-0.2, 0) is 31.0 Å². The fourth-order valence-electron chi connectivity index (χ4n) is 14.6. The molecule has 4 unspecified atom stereocenters.